The summed E-state index contributed by atoms with van der Waals surface area (Å²) >= 11 is 0. The van der Waals surface area contributed by atoms with Crippen LogP contribution < -0.4 is 18.9 Å². The molecule has 0 saturated carbocycles. The zero-order chi connectivity index (χ0) is 32.7. The van der Waals surface area contributed by atoms with E-state index in [1.165, 1.54) is 0 Å². The molecule has 0 fully saturated rings. The first-order chi connectivity index (χ1) is 16.3. The Morgan fingerprint density at radius 3 is 0.750 bits per heavy atom. The Balaban J connectivity index is 0. The number of halogens is 23. The van der Waals surface area contributed by atoms with Crippen LogP contribution in [0.2, 0.25) is 0 Å². The fourth-order valence-electron chi connectivity index (χ4n) is 2.03. The summed E-state index contributed by atoms with van der Waals surface area (Å²) in [6.45, 7) is -4.24. The molecular weight excluding hydrogens is 668 g/mol. The summed E-state index contributed by atoms with van der Waals surface area (Å²) in [6.07, 6.45) is 0. The smallest absolute Gasteiger partial charge is 0.743 e. The van der Waals surface area contributed by atoms with Gasteiger partial charge in [0, 0.05) is 0 Å². The van der Waals surface area contributed by atoms with E-state index in [-0.39, 0.29) is 18.9 Å². The van der Waals surface area contributed by atoms with Crippen LogP contribution in [0.5, 0.6) is 0 Å². The maximum Gasteiger partial charge on any atom is 1.00 e. The van der Waals surface area contributed by atoms with Gasteiger partial charge in [0.1, 0.15) is 0 Å². The Labute approximate surface area is 214 Å². The number of rotatable bonds is 12. The molecule has 0 aliphatic carbocycles. The Bertz CT molecular complexity index is 1030. The minimum absolute atomic E-state index is 0. The molecule has 0 heterocycles. The average molecular weight is 670 g/mol. The second-order valence-electron chi connectivity index (χ2n) is 6.98. The maximum absolute atomic E-state index is 13.5. The van der Waals surface area contributed by atoms with Crippen LogP contribution in [-0.2, 0) is 10.1 Å². The SMILES string of the molecule is O=S(=O)([O-])C(F)(F)C(F)(F)C(F)(F)C(F)(F)C(F)(F)C(F)(F)C(F)(F)C(F)(F)C(F)(F)C(F)(F)C(F)(F)CF.[Li+]. The number of hydrogen-bond acceptors (Lipinski definition) is 3. The van der Waals surface area contributed by atoms with Crippen molar-refractivity contribution in [1.29, 1.82) is 0 Å². The molecule has 28 heteroatoms. The molecule has 0 atom stereocenters. The predicted octanol–water partition coefficient (Wildman–Crippen LogP) is 3.45. The quantitative estimate of drug-likeness (QED) is 0.182. The number of alkyl halides is 23. The third-order valence-corrected chi connectivity index (χ3v) is 5.35. The normalized spacial score (nSPS) is 16.6. The first-order valence-electron chi connectivity index (χ1n) is 7.98. The van der Waals surface area contributed by atoms with E-state index in [9.17, 15) is 114 Å². The largest absolute Gasteiger partial charge is 1.00 e. The molecule has 236 valence electrons. The van der Waals surface area contributed by atoms with Crippen LogP contribution in [0.15, 0.2) is 0 Å². The second kappa shape index (κ2) is 9.98. The molecule has 0 spiro atoms. The van der Waals surface area contributed by atoms with Gasteiger partial charge in [-0.25, -0.2) is 12.8 Å². The van der Waals surface area contributed by atoms with Crippen LogP contribution in [-0.4, -0.2) is 84.1 Å². The summed E-state index contributed by atoms with van der Waals surface area (Å²) < 4.78 is 332. The van der Waals surface area contributed by atoms with Crippen molar-refractivity contribution >= 4 is 10.1 Å². The second-order valence-corrected chi connectivity index (χ2v) is 8.40. The van der Waals surface area contributed by atoms with Gasteiger partial charge in [-0.05, 0) is 0 Å². The summed E-state index contributed by atoms with van der Waals surface area (Å²) in [5.74, 6) is -90.0. The van der Waals surface area contributed by atoms with Crippen molar-refractivity contribution in [1.82, 2.24) is 0 Å². The van der Waals surface area contributed by atoms with E-state index >= 15 is 0 Å². The first-order valence-corrected chi connectivity index (χ1v) is 9.39. The molecule has 0 unspecified atom stereocenters. The van der Waals surface area contributed by atoms with Crippen molar-refractivity contribution in [3.05, 3.63) is 0 Å². The van der Waals surface area contributed by atoms with Crippen LogP contribution in [0, 0.1) is 0 Å². The van der Waals surface area contributed by atoms with E-state index < -0.39 is 81.3 Å². The van der Waals surface area contributed by atoms with Crippen molar-refractivity contribution in [2.24, 2.45) is 0 Å². The van der Waals surface area contributed by atoms with Gasteiger partial charge in [0.25, 0.3) is 0 Å². The number of hydrogen-bond donors (Lipinski definition) is 0. The molecule has 0 radical (unpaired) electrons. The summed E-state index contributed by atoms with van der Waals surface area (Å²) in [6, 6.07) is 0. The molecule has 0 bridgehead atoms. The van der Waals surface area contributed by atoms with Gasteiger partial charge in [-0.2, -0.15) is 96.6 Å². The summed E-state index contributed by atoms with van der Waals surface area (Å²) in [4.78, 5) is 0. The Morgan fingerprint density at radius 1 is 0.400 bits per heavy atom. The zero-order valence-corrected chi connectivity index (χ0v) is 18.3. The molecule has 0 amide bonds. The molecule has 0 aromatic rings. The van der Waals surface area contributed by atoms with Crippen molar-refractivity contribution in [3.8, 4) is 0 Å². The van der Waals surface area contributed by atoms with E-state index in [1.807, 2.05) is 0 Å². The molecule has 3 nitrogen and oxygen atoms in total. The molecule has 40 heavy (non-hydrogen) atoms. The van der Waals surface area contributed by atoms with Gasteiger partial charge in [-0.15, -0.1) is 0 Å². The van der Waals surface area contributed by atoms with Gasteiger partial charge >= 0.3 is 83.3 Å². The minimum Gasteiger partial charge on any atom is -0.743 e. The molecular formula is C12H2F23LiO3S. The van der Waals surface area contributed by atoms with Gasteiger partial charge < -0.3 is 4.55 Å². The Morgan fingerprint density at radius 2 is 0.575 bits per heavy atom. The minimum atomic E-state index is -9.57. The van der Waals surface area contributed by atoms with Crippen LogP contribution in [0.3, 0.4) is 0 Å². The predicted molar refractivity (Wildman–Crippen MR) is 70.1 cm³/mol. The zero-order valence-electron chi connectivity index (χ0n) is 17.5. The standard InChI is InChI=1S/C12H3F23O3S.Li/c13-1-2(14,15)3(16,17)4(18,19)5(20,21)6(22,23)7(24,25)8(26,27)9(28,29)10(30,31)11(32,33)12(34,35)39(36,37)38;/h1H2,(H,36,37,38);/q;+1/p-1. The third-order valence-electron chi connectivity index (χ3n) is 4.46. The molecule has 0 N–H and O–H groups in total. The van der Waals surface area contributed by atoms with E-state index in [1.54, 1.807) is 0 Å². The van der Waals surface area contributed by atoms with E-state index in [4.69, 9.17) is 0 Å². The van der Waals surface area contributed by atoms with Gasteiger partial charge in [0.2, 0.25) is 0 Å². The molecule has 0 aliphatic heterocycles. The molecule has 0 aliphatic rings. The van der Waals surface area contributed by atoms with Gasteiger partial charge in [0.15, 0.2) is 16.8 Å². The van der Waals surface area contributed by atoms with Crippen LogP contribution in [0.4, 0.5) is 101 Å². The van der Waals surface area contributed by atoms with Gasteiger partial charge in [0.05, 0.1) is 0 Å². The maximum atomic E-state index is 13.5. The van der Waals surface area contributed by atoms with Crippen molar-refractivity contribution in [2.45, 2.75) is 64.5 Å². The van der Waals surface area contributed by atoms with E-state index in [0.717, 1.165) is 0 Å². The Hall–Kier alpha value is -1.10. The first kappa shape index (κ1) is 41.0. The van der Waals surface area contributed by atoms with Gasteiger partial charge in [-0.3, -0.25) is 0 Å². The van der Waals surface area contributed by atoms with Crippen molar-refractivity contribution in [3.63, 3.8) is 0 Å². The monoisotopic (exact) mass is 670 g/mol. The van der Waals surface area contributed by atoms with Crippen LogP contribution in [0.1, 0.15) is 0 Å². The fourth-order valence-corrected chi connectivity index (χ4v) is 2.48. The molecule has 0 saturated heterocycles. The van der Waals surface area contributed by atoms with Crippen molar-refractivity contribution in [2.75, 3.05) is 6.67 Å². The molecule has 0 aromatic carbocycles. The van der Waals surface area contributed by atoms with Gasteiger partial charge in [-0.1, -0.05) is 0 Å². The summed E-state index contributed by atoms with van der Waals surface area (Å²) in [5, 5.41) is -8.25. The summed E-state index contributed by atoms with van der Waals surface area (Å²) in [7, 11) is -8.42. The molecule has 0 aromatic heterocycles. The third kappa shape index (κ3) is 4.67. The van der Waals surface area contributed by atoms with Crippen molar-refractivity contribution < 1.29 is 133 Å². The van der Waals surface area contributed by atoms with Crippen LogP contribution in [0.25, 0.3) is 0 Å². The molecule has 0 rings (SSSR count). The van der Waals surface area contributed by atoms with Crippen LogP contribution >= 0.6 is 0 Å². The summed E-state index contributed by atoms with van der Waals surface area (Å²) in [5.41, 5.74) is 0. The Kier molecular flexibility index (Phi) is 10.2. The topological polar surface area (TPSA) is 57.2 Å². The average Bonchev–Trinajstić information content (AvgIpc) is 2.71. The fraction of sp³-hybridized carbons (Fsp3) is 1.00. The van der Waals surface area contributed by atoms with E-state index in [0.29, 0.717) is 0 Å². The van der Waals surface area contributed by atoms with E-state index in [2.05, 4.69) is 0 Å².